The van der Waals surface area contributed by atoms with Gasteiger partial charge in [0, 0.05) is 25.5 Å². The lowest BCUT2D eigenvalue weighted by Gasteiger charge is -2.24. The van der Waals surface area contributed by atoms with Crippen molar-refractivity contribution in [3.8, 4) is 5.75 Å². The number of nitrogens with zero attached hydrogens (tertiary/aromatic N) is 2. The molecule has 5 aromatic rings. The van der Waals surface area contributed by atoms with Gasteiger partial charge in [-0.1, -0.05) is 87.4 Å². The third kappa shape index (κ3) is 6.36. The number of halogens is 3. The van der Waals surface area contributed by atoms with Crippen molar-refractivity contribution in [3.05, 3.63) is 144 Å². The lowest BCUT2D eigenvalue weighted by Crippen LogP contribution is -2.39. The Bertz CT molecular complexity index is 2070. The number of rotatable bonds is 8. The molecule has 1 aliphatic rings. The van der Waals surface area contributed by atoms with E-state index in [1.807, 2.05) is 90.3 Å². The zero-order valence-corrected chi connectivity index (χ0v) is 29.3. The summed E-state index contributed by atoms with van der Waals surface area (Å²) in [4.78, 5) is 34.0. The Morgan fingerprint density at radius 2 is 1.93 bits per heavy atom. The molecule has 11 heteroatoms. The van der Waals surface area contributed by atoms with Gasteiger partial charge < -0.3 is 9.47 Å². The predicted octanol–water partition coefficient (Wildman–Crippen LogP) is 7.60. The average Bonchev–Trinajstić information content (AvgIpc) is 3.65. The van der Waals surface area contributed by atoms with Crippen molar-refractivity contribution in [3.63, 3.8) is 0 Å². The highest BCUT2D eigenvalue weighted by atomic mass is 127. The molecule has 0 radical (unpaired) electrons. The molecule has 3 heterocycles. The quantitative estimate of drug-likeness (QED) is 0.120. The van der Waals surface area contributed by atoms with Gasteiger partial charge in [-0.3, -0.25) is 9.36 Å². The fraction of sp³-hybridized carbons (Fsp3) is 0.121. The Labute approximate surface area is 288 Å². The molecular weight excluding hydrogens is 795 g/mol. The number of benzene rings is 3. The summed E-state index contributed by atoms with van der Waals surface area (Å²) in [5, 5.41) is 2.57. The van der Waals surface area contributed by atoms with Gasteiger partial charge in [0.1, 0.15) is 18.4 Å². The number of carbonyl (C=O) groups is 1. The second-order valence-corrected chi connectivity index (χ2v) is 14.2. The third-order valence-electron chi connectivity index (χ3n) is 6.78. The maximum absolute atomic E-state index is 14.2. The van der Waals surface area contributed by atoms with E-state index in [1.54, 1.807) is 11.5 Å². The molecule has 6 nitrogen and oxygen atoms in total. The molecule has 0 N–H and O–H groups in total. The van der Waals surface area contributed by atoms with Crippen LogP contribution in [-0.4, -0.2) is 17.1 Å². The van der Waals surface area contributed by atoms with Crippen LogP contribution in [0, 0.1) is 3.57 Å². The van der Waals surface area contributed by atoms with E-state index >= 15 is 0 Å². The van der Waals surface area contributed by atoms with E-state index in [2.05, 4.69) is 38.5 Å². The van der Waals surface area contributed by atoms with Gasteiger partial charge in [-0.15, -0.1) is 11.3 Å². The van der Waals surface area contributed by atoms with Crippen LogP contribution >= 0.6 is 72.8 Å². The molecule has 0 saturated heterocycles. The smallest absolute Gasteiger partial charge is 0.338 e. The van der Waals surface area contributed by atoms with Crippen molar-refractivity contribution in [2.45, 2.75) is 19.6 Å². The Morgan fingerprint density at radius 3 is 2.66 bits per heavy atom. The standard InChI is InChI=1S/C33H23BrClIN2O4S2/c1-2-41-32(40)27-28(20-9-4-3-5-10-20)37-33-38(29(27)25-12-7-13-43-25)31(39)26(44-33)16-21-15-22(34)17-24(36)30(21)42-18-19-8-6-11-23(35)14-19/h3-17,29H,2,18H2,1H3/b26-16-/t29-/m1/s1. The summed E-state index contributed by atoms with van der Waals surface area (Å²) in [7, 11) is 0. The van der Waals surface area contributed by atoms with Crippen LogP contribution in [0.25, 0.3) is 11.8 Å². The van der Waals surface area contributed by atoms with Crippen LogP contribution in [0.15, 0.2) is 104 Å². The molecule has 44 heavy (non-hydrogen) atoms. The monoisotopic (exact) mass is 816 g/mol. The number of hydrogen-bond acceptors (Lipinski definition) is 7. The van der Waals surface area contributed by atoms with Crippen molar-refractivity contribution in [1.82, 2.24) is 4.57 Å². The highest BCUT2D eigenvalue weighted by molar-refractivity contribution is 14.1. The second kappa shape index (κ2) is 13.5. The molecule has 0 amide bonds. The first-order chi connectivity index (χ1) is 21.3. The number of carbonyl (C=O) groups excluding carboxylic acids is 1. The van der Waals surface area contributed by atoms with Crippen molar-refractivity contribution in [1.29, 1.82) is 0 Å². The van der Waals surface area contributed by atoms with Crippen LogP contribution in [0.3, 0.4) is 0 Å². The van der Waals surface area contributed by atoms with Gasteiger partial charge in [0.15, 0.2) is 4.80 Å². The summed E-state index contributed by atoms with van der Waals surface area (Å²) < 4.78 is 15.6. The molecule has 222 valence electrons. The van der Waals surface area contributed by atoms with Gasteiger partial charge in [0.25, 0.3) is 5.56 Å². The minimum atomic E-state index is -0.691. The van der Waals surface area contributed by atoms with E-state index in [0.717, 1.165) is 29.6 Å². The molecule has 0 saturated carbocycles. The Hall–Kier alpha value is -3.03. The molecule has 0 unspecified atom stereocenters. The van der Waals surface area contributed by atoms with Gasteiger partial charge in [-0.25, -0.2) is 9.79 Å². The van der Waals surface area contributed by atoms with E-state index in [-0.39, 0.29) is 12.2 Å². The molecule has 3 aromatic carbocycles. The Morgan fingerprint density at radius 1 is 1.11 bits per heavy atom. The van der Waals surface area contributed by atoms with E-state index in [1.165, 1.54) is 22.7 Å². The second-order valence-electron chi connectivity index (χ2n) is 9.67. The van der Waals surface area contributed by atoms with Crippen molar-refractivity contribution in [2.75, 3.05) is 6.61 Å². The Balaban J connectivity index is 1.54. The van der Waals surface area contributed by atoms with Gasteiger partial charge in [0.05, 0.1) is 26.0 Å². The number of aromatic nitrogens is 1. The normalized spacial score (nSPS) is 14.7. The van der Waals surface area contributed by atoms with Gasteiger partial charge >= 0.3 is 5.97 Å². The van der Waals surface area contributed by atoms with Crippen LogP contribution in [0.1, 0.15) is 34.5 Å². The lowest BCUT2D eigenvalue weighted by molar-refractivity contribution is -0.138. The van der Waals surface area contributed by atoms with Crippen LogP contribution in [-0.2, 0) is 16.1 Å². The van der Waals surface area contributed by atoms with Crippen LogP contribution in [0.5, 0.6) is 5.75 Å². The largest absolute Gasteiger partial charge is 0.487 e. The van der Waals surface area contributed by atoms with E-state index in [4.69, 9.17) is 26.1 Å². The predicted molar refractivity (Wildman–Crippen MR) is 188 cm³/mol. The summed E-state index contributed by atoms with van der Waals surface area (Å²) in [6.07, 6.45) is 1.83. The molecule has 1 aliphatic heterocycles. The third-order valence-corrected chi connectivity index (χ3v) is 10.2. The van der Waals surface area contributed by atoms with Gasteiger partial charge in [-0.05, 0) is 76.9 Å². The molecule has 6 rings (SSSR count). The number of thiazole rings is 1. The van der Waals surface area contributed by atoms with Gasteiger partial charge in [0.2, 0.25) is 0 Å². The number of ether oxygens (including phenoxy) is 2. The number of hydrogen-bond donors (Lipinski definition) is 0. The number of thiophene rings is 1. The fourth-order valence-corrected chi connectivity index (χ4v) is 8.65. The maximum Gasteiger partial charge on any atom is 0.338 e. The summed E-state index contributed by atoms with van der Waals surface area (Å²) in [5.74, 6) is 0.146. The summed E-state index contributed by atoms with van der Waals surface area (Å²) in [6, 6.07) is 24.1. The number of fused-ring (bicyclic) bond motifs is 1. The fourth-order valence-electron chi connectivity index (χ4n) is 4.92. The summed E-state index contributed by atoms with van der Waals surface area (Å²) in [6.45, 7) is 2.27. The van der Waals surface area contributed by atoms with E-state index in [9.17, 15) is 9.59 Å². The first-order valence-electron chi connectivity index (χ1n) is 13.5. The number of esters is 1. The van der Waals surface area contributed by atoms with Crippen LogP contribution in [0.2, 0.25) is 5.02 Å². The molecule has 0 spiro atoms. The van der Waals surface area contributed by atoms with Crippen molar-refractivity contribution >= 4 is 90.5 Å². The molecule has 1 atom stereocenters. The highest BCUT2D eigenvalue weighted by Gasteiger charge is 2.35. The SMILES string of the molecule is CCOC(=O)C1=C(c2ccccc2)N=c2s/c(=C\c3cc(Br)cc(I)c3OCc3cccc(Cl)c3)c(=O)n2[C@@H]1c1cccs1. The molecule has 0 bridgehead atoms. The molecular formula is C33H23BrClIN2O4S2. The first-order valence-corrected chi connectivity index (χ1v) is 17.5. The molecule has 2 aromatic heterocycles. The minimum Gasteiger partial charge on any atom is -0.487 e. The zero-order chi connectivity index (χ0) is 30.8. The summed E-state index contributed by atoms with van der Waals surface area (Å²) >= 11 is 14.8. The minimum absolute atomic E-state index is 0.200. The molecule has 0 aliphatic carbocycles. The maximum atomic E-state index is 14.2. The van der Waals surface area contributed by atoms with Gasteiger partial charge in [-0.2, -0.15) is 0 Å². The van der Waals surface area contributed by atoms with E-state index < -0.39 is 12.0 Å². The first kappa shape index (κ1) is 31.0. The van der Waals surface area contributed by atoms with Crippen molar-refractivity contribution in [2.24, 2.45) is 4.99 Å². The van der Waals surface area contributed by atoms with E-state index in [0.29, 0.717) is 38.0 Å². The van der Waals surface area contributed by atoms with Crippen molar-refractivity contribution < 1.29 is 14.3 Å². The highest BCUT2D eigenvalue weighted by Crippen LogP contribution is 2.37. The van der Waals surface area contributed by atoms with Crippen LogP contribution in [0.4, 0.5) is 0 Å². The molecule has 0 fully saturated rings. The Kier molecular flexibility index (Phi) is 9.53. The lowest BCUT2D eigenvalue weighted by atomic mass is 9.97. The summed E-state index contributed by atoms with van der Waals surface area (Å²) in [5.41, 5.74) is 3.01. The zero-order valence-electron chi connectivity index (χ0n) is 23.1. The average molecular weight is 818 g/mol. The topological polar surface area (TPSA) is 69.9 Å². The van der Waals surface area contributed by atoms with Crippen LogP contribution < -0.4 is 19.6 Å².